The lowest BCUT2D eigenvalue weighted by molar-refractivity contribution is -0.189. The number of nitrogens with zero attached hydrogens (tertiary/aromatic N) is 2. The molecule has 27 heavy (non-hydrogen) atoms. The Morgan fingerprint density at radius 1 is 1.19 bits per heavy atom. The second-order valence-corrected chi connectivity index (χ2v) is 7.38. The zero-order valence-electron chi connectivity index (χ0n) is 15.6. The van der Waals surface area contributed by atoms with Crippen LogP contribution in [0, 0.1) is 5.92 Å². The molecule has 0 bridgehead atoms. The summed E-state index contributed by atoms with van der Waals surface area (Å²) in [4.78, 5) is 29.6. The predicted octanol–water partition coefficient (Wildman–Crippen LogP) is 3.62. The molecule has 0 aromatic carbocycles. The van der Waals surface area contributed by atoms with Crippen LogP contribution < -0.4 is 5.32 Å². The molecule has 1 saturated carbocycles. The Morgan fingerprint density at radius 3 is 2.30 bits per heavy atom. The van der Waals surface area contributed by atoms with Gasteiger partial charge in [0.1, 0.15) is 6.04 Å². The minimum atomic E-state index is -5.05. The predicted molar refractivity (Wildman–Crippen MR) is 94.6 cm³/mol. The molecule has 0 spiro atoms. The molecule has 1 heterocycles. The normalized spacial score (nSPS) is 16.8. The zero-order chi connectivity index (χ0) is 20.0. The molecule has 150 valence electrons. The maximum absolute atomic E-state index is 13.2. The van der Waals surface area contributed by atoms with Crippen LogP contribution in [0.3, 0.4) is 0 Å². The van der Waals surface area contributed by atoms with E-state index in [4.69, 9.17) is 0 Å². The minimum Gasteiger partial charge on any atom is -0.351 e. The van der Waals surface area contributed by atoms with E-state index in [0.717, 1.165) is 32.1 Å². The van der Waals surface area contributed by atoms with Gasteiger partial charge in [0.2, 0.25) is 5.91 Å². The molecule has 1 aromatic heterocycles. The van der Waals surface area contributed by atoms with Gasteiger partial charge in [0.05, 0.1) is 0 Å². The van der Waals surface area contributed by atoms with Gasteiger partial charge in [-0.15, -0.1) is 0 Å². The smallest absolute Gasteiger partial charge is 0.351 e. The van der Waals surface area contributed by atoms with Crippen LogP contribution in [0.5, 0.6) is 0 Å². The van der Waals surface area contributed by atoms with E-state index in [0.29, 0.717) is 10.5 Å². The molecular formula is C19H26F3N3O2. The number of nitrogens with one attached hydrogen (secondary N) is 1. The molecule has 1 aliphatic rings. The first-order valence-electron chi connectivity index (χ1n) is 9.28. The van der Waals surface area contributed by atoms with Gasteiger partial charge in [-0.3, -0.25) is 14.6 Å². The highest BCUT2D eigenvalue weighted by Crippen LogP contribution is 2.29. The topological polar surface area (TPSA) is 62.3 Å². The molecule has 2 amide bonds. The molecule has 1 aromatic rings. The number of amides is 2. The van der Waals surface area contributed by atoms with Crippen molar-refractivity contribution in [1.82, 2.24) is 15.2 Å². The fraction of sp³-hybridized carbons (Fsp3) is 0.632. The molecule has 0 aliphatic heterocycles. The summed E-state index contributed by atoms with van der Waals surface area (Å²) in [5, 5.41) is 2.86. The molecule has 1 fully saturated rings. The molecule has 1 aliphatic carbocycles. The Labute approximate surface area is 157 Å². The largest absolute Gasteiger partial charge is 0.471 e. The molecule has 1 N–H and O–H groups in total. The molecule has 0 radical (unpaired) electrons. The van der Waals surface area contributed by atoms with Crippen LogP contribution in [0.1, 0.15) is 57.6 Å². The lowest BCUT2D eigenvalue weighted by Gasteiger charge is -2.34. The van der Waals surface area contributed by atoms with E-state index in [-0.39, 0.29) is 18.5 Å². The van der Waals surface area contributed by atoms with E-state index < -0.39 is 24.0 Å². The Hall–Kier alpha value is -2.12. The highest BCUT2D eigenvalue weighted by atomic mass is 19.4. The summed E-state index contributed by atoms with van der Waals surface area (Å²) in [6.07, 6.45) is 2.39. The summed E-state index contributed by atoms with van der Waals surface area (Å²) in [6.45, 7) is 3.24. The number of pyridine rings is 1. The van der Waals surface area contributed by atoms with Crippen LogP contribution >= 0.6 is 0 Å². The third-order valence-electron chi connectivity index (χ3n) is 4.60. The first-order valence-corrected chi connectivity index (χ1v) is 9.28. The Bertz CT molecular complexity index is 629. The third-order valence-corrected chi connectivity index (χ3v) is 4.60. The van der Waals surface area contributed by atoms with Crippen molar-refractivity contribution in [3.05, 3.63) is 30.1 Å². The fourth-order valence-electron chi connectivity index (χ4n) is 3.41. The van der Waals surface area contributed by atoms with Gasteiger partial charge in [0.15, 0.2) is 0 Å². The Kier molecular flexibility index (Phi) is 7.21. The number of alkyl halides is 3. The van der Waals surface area contributed by atoms with Gasteiger partial charge in [0.25, 0.3) is 0 Å². The standard InChI is InChI=1S/C19H26F3N3O2/c1-13(2)12-25(18(27)19(20,21)22)16(14-8-10-23-11-9-14)17(26)24-15-6-4-3-5-7-15/h8-11,13,15-16H,3-7,12H2,1-2H3,(H,24,26)/t16-/m0/s1. The lowest BCUT2D eigenvalue weighted by Crippen LogP contribution is -2.51. The van der Waals surface area contributed by atoms with Crippen LogP contribution in [-0.2, 0) is 9.59 Å². The summed E-state index contributed by atoms with van der Waals surface area (Å²) in [5.41, 5.74) is 0.316. The number of aromatic nitrogens is 1. The van der Waals surface area contributed by atoms with E-state index in [1.807, 2.05) is 0 Å². The first-order chi connectivity index (χ1) is 12.7. The van der Waals surface area contributed by atoms with Gasteiger partial charge in [-0.2, -0.15) is 13.2 Å². The van der Waals surface area contributed by atoms with Gasteiger partial charge in [-0.25, -0.2) is 0 Å². The van der Waals surface area contributed by atoms with Crippen molar-refractivity contribution in [2.75, 3.05) is 6.54 Å². The van der Waals surface area contributed by atoms with Crippen LogP contribution in [0.2, 0.25) is 0 Å². The summed E-state index contributed by atoms with van der Waals surface area (Å²) in [6, 6.07) is 1.54. The van der Waals surface area contributed by atoms with Gasteiger partial charge in [-0.05, 0) is 36.5 Å². The number of halogens is 3. The van der Waals surface area contributed by atoms with E-state index in [1.165, 1.54) is 24.5 Å². The van der Waals surface area contributed by atoms with E-state index >= 15 is 0 Å². The highest BCUT2D eigenvalue weighted by Gasteiger charge is 2.46. The number of hydrogen-bond acceptors (Lipinski definition) is 3. The number of rotatable bonds is 6. The molecule has 2 rings (SSSR count). The molecule has 0 unspecified atom stereocenters. The van der Waals surface area contributed by atoms with Crippen LogP contribution in [-0.4, -0.2) is 40.5 Å². The van der Waals surface area contributed by atoms with Gasteiger partial charge >= 0.3 is 12.1 Å². The number of hydrogen-bond donors (Lipinski definition) is 1. The number of carbonyl (C=O) groups is 2. The van der Waals surface area contributed by atoms with Gasteiger partial charge in [0, 0.05) is 25.0 Å². The second kappa shape index (κ2) is 9.19. The average Bonchev–Trinajstić information content (AvgIpc) is 2.61. The van der Waals surface area contributed by atoms with Crippen molar-refractivity contribution in [1.29, 1.82) is 0 Å². The van der Waals surface area contributed by atoms with Crippen molar-refractivity contribution in [3.63, 3.8) is 0 Å². The van der Waals surface area contributed by atoms with Crippen LogP contribution in [0.15, 0.2) is 24.5 Å². The summed E-state index contributed by atoms with van der Waals surface area (Å²) >= 11 is 0. The lowest BCUT2D eigenvalue weighted by atomic mass is 9.94. The van der Waals surface area contributed by atoms with E-state index in [9.17, 15) is 22.8 Å². The zero-order valence-corrected chi connectivity index (χ0v) is 15.6. The molecule has 0 saturated heterocycles. The molecule has 5 nitrogen and oxygen atoms in total. The SMILES string of the molecule is CC(C)CN(C(=O)C(F)(F)F)[C@H](C(=O)NC1CCCCC1)c1ccncc1. The van der Waals surface area contributed by atoms with Crippen LogP contribution in [0.25, 0.3) is 0 Å². The van der Waals surface area contributed by atoms with Gasteiger partial charge < -0.3 is 10.2 Å². The average molecular weight is 385 g/mol. The molecule has 1 atom stereocenters. The molecular weight excluding hydrogens is 359 g/mol. The summed E-state index contributed by atoms with van der Waals surface area (Å²) in [7, 11) is 0. The van der Waals surface area contributed by atoms with Crippen molar-refractivity contribution in [3.8, 4) is 0 Å². The quantitative estimate of drug-likeness (QED) is 0.814. The molecule has 8 heteroatoms. The Morgan fingerprint density at radius 2 is 1.78 bits per heavy atom. The maximum atomic E-state index is 13.2. The fourth-order valence-corrected chi connectivity index (χ4v) is 3.41. The van der Waals surface area contributed by atoms with Crippen molar-refractivity contribution < 1.29 is 22.8 Å². The maximum Gasteiger partial charge on any atom is 0.471 e. The summed E-state index contributed by atoms with van der Waals surface area (Å²) in [5.74, 6) is -2.81. The van der Waals surface area contributed by atoms with Crippen molar-refractivity contribution in [2.45, 2.75) is 64.2 Å². The Balaban J connectivity index is 2.35. The van der Waals surface area contributed by atoms with E-state index in [1.54, 1.807) is 13.8 Å². The van der Waals surface area contributed by atoms with Crippen LogP contribution in [0.4, 0.5) is 13.2 Å². The first kappa shape index (κ1) is 21.2. The minimum absolute atomic E-state index is 0.0718. The third kappa shape index (κ3) is 5.94. The van der Waals surface area contributed by atoms with Gasteiger partial charge in [-0.1, -0.05) is 33.1 Å². The van der Waals surface area contributed by atoms with E-state index in [2.05, 4.69) is 10.3 Å². The van der Waals surface area contributed by atoms with Crippen molar-refractivity contribution in [2.24, 2.45) is 5.92 Å². The highest BCUT2D eigenvalue weighted by molar-refractivity contribution is 5.90. The monoisotopic (exact) mass is 385 g/mol. The second-order valence-electron chi connectivity index (χ2n) is 7.38. The summed E-state index contributed by atoms with van der Waals surface area (Å²) < 4.78 is 39.6. The van der Waals surface area contributed by atoms with Crippen molar-refractivity contribution >= 4 is 11.8 Å². The number of carbonyl (C=O) groups excluding carboxylic acids is 2.